The average Bonchev–Trinajstić information content (AvgIpc) is 2.83. The van der Waals surface area contributed by atoms with E-state index < -0.39 is 0 Å². The van der Waals surface area contributed by atoms with E-state index in [-0.39, 0.29) is 11.9 Å². The fourth-order valence-electron chi connectivity index (χ4n) is 2.31. The molecule has 0 saturated heterocycles. The Morgan fingerprint density at radius 1 is 1.37 bits per heavy atom. The predicted octanol–water partition coefficient (Wildman–Crippen LogP) is 3.07. The first-order valence-electron chi connectivity index (χ1n) is 6.69. The van der Waals surface area contributed by atoms with Gasteiger partial charge in [-0.1, -0.05) is 13.8 Å². The second-order valence-corrected chi connectivity index (χ2v) is 5.53. The fourth-order valence-corrected chi connectivity index (χ4v) is 2.31. The predicted molar refractivity (Wildman–Crippen MR) is 77.1 cm³/mol. The van der Waals surface area contributed by atoms with Crippen LogP contribution >= 0.6 is 0 Å². The van der Waals surface area contributed by atoms with Crippen molar-refractivity contribution in [1.29, 1.82) is 0 Å². The summed E-state index contributed by atoms with van der Waals surface area (Å²) in [7, 11) is 1.87. The van der Waals surface area contributed by atoms with E-state index >= 15 is 0 Å². The number of nitrogens with one attached hydrogen (secondary N) is 1. The van der Waals surface area contributed by atoms with Crippen molar-refractivity contribution >= 4 is 16.9 Å². The molecule has 0 aliphatic carbocycles. The third-order valence-corrected chi connectivity index (χ3v) is 3.46. The lowest BCUT2D eigenvalue weighted by Crippen LogP contribution is -2.35. The van der Waals surface area contributed by atoms with Crippen molar-refractivity contribution < 1.29 is 4.79 Å². The quantitative estimate of drug-likeness (QED) is 0.917. The number of imidazole rings is 1. The first-order valence-corrected chi connectivity index (χ1v) is 6.69. The van der Waals surface area contributed by atoms with Crippen molar-refractivity contribution in [3.63, 3.8) is 0 Å². The van der Waals surface area contributed by atoms with Crippen LogP contribution in [0.4, 0.5) is 0 Å². The maximum absolute atomic E-state index is 12.4. The van der Waals surface area contributed by atoms with Gasteiger partial charge in [-0.3, -0.25) is 4.79 Å². The molecule has 2 rings (SSSR count). The minimum atomic E-state index is 0.0599. The van der Waals surface area contributed by atoms with Crippen LogP contribution in [-0.4, -0.2) is 33.9 Å². The molecular formula is C15H21N3O. The Kier molecular flexibility index (Phi) is 3.88. The SMILES string of the molecule is CC(C)C[C@@H](C)N(C)C(=O)c1ccc2nc[nH]c2c1. The maximum Gasteiger partial charge on any atom is 0.253 e. The highest BCUT2D eigenvalue weighted by Gasteiger charge is 2.18. The van der Waals surface area contributed by atoms with E-state index in [1.54, 1.807) is 6.33 Å². The molecule has 1 N–H and O–H groups in total. The number of amides is 1. The summed E-state index contributed by atoms with van der Waals surface area (Å²) in [4.78, 5) is 21.4. The van der Waals surface area contributed by atoms with Crippen molar-refractivity contribution in [2.75, 3.05) is 7.05 Å². The number of aromatic amines is 1. The highest BCUT2D eigenvalue weighted by molar-refractivity contribution is 5.97. The molecule has 1 amide bonds. The van der Waals surface area contributed by atoms with E-state index in [4.69, 9.17) is 0 Å². The van der Waals surface area contributed by atoms with Crippen molar-refractivity contribution in [3.8, 4) is 0 Å². The molecule has 1 aromatic heterocycles. The number of hydrogen-bond donors (Lipinski definition) is 1. The molecule has 2 aromatic rings. The van der Waals surface area contributed by atoms with Gasteiger partial charge in [0.2, 0.25) is 0 Å². The number of aromatic nitrogens is 2. The third-order valence-electron chi connectivity index (χ3n) is 3.46. The molecule has 4 nitrogen and oxygen atoms in total. The Balaban J connectivity index is 2.18. The molecule has 4 heteroatoms. The highest BCUT2D eigenvalue weighted by atomic mass is 16.2. The fraction of sp³-hybridized carbons (Fsp3) is 0.467. The van der Waals surface area contributed by atoms with E-state index in [9.17, 15) is 4.79 Å². The van der Waals surface area contributed by atoms with Crippen LogP contribution < -0.4 is 0 Å². The minimum absolute atomic E-state index is 0.0599. The molecule has 0 spiro atoms. The average molecular weight is 259 g/mol. The summed E-state index contributed by atoms with van der Waals surface area (Å²) >= 11 is 0. The molecule has 1 aromatic carbocycles. The number of nitrogens with zero attached hydrogens (tertiary/aromatic N) is 2. The molecule has 0 unspecified atom stereocenters. The van der Waals surface area contributed by atoms with Crippen LogP contribution in [0, 0.1) is 5.92 Å². The number of rotatable bonds is 4. The molecule has 102 valence electrons. The molecule has 0 bridgehead atoms. The number of fused-ring (bicyclic) bond motifs is 1. The molecular weight excluding hydrogens is 238 g/mol. The lowest BCUT2D eigenvalue weighted by Gasteiger charge is -2.26. The molecule has 0 fully saturated rings. The van der Waals surface area contributed by atoms with Crippen LogP contribution in [0.1, 0.15) is 37.6 Å². The van der Waals surface area contributed by atoms with Gasteiger partial charge < -0.3 is 9.88 Å². The van der Waals surface area contributed by atoms with Crippen LogP contribution in [-0.2, 0) is 0 Å². The second kappa shape index (κ2) is 5.43. The van der Waals surface area contributed by atoms with E-state index in [1.807, 2.05) is 30.1 Å². The van der Waals surface area contributed by atoms with Crippen molar-refractivity contribution in [1.82, 2.24) is 14.9 Å². The van der Waals surface area contributed by atoms with E-state index in [0.717, 1.165) is 17.5 Å². The summed E-state index contributed by atoms with van der Waals surface area (Å²) in [5.74, 6) is 0.644. The van der Waals surface area contributed by atoms with Crippen LogP contribution in [0.3, 0.4) is 0 Å². The molecule has 0 aliphatic heterocycles. The Bertz CT molecular complexity index is 574. The largest absolute Gasteiger partial charge is 0.345 e. The minimum Gasteiger partial charge on any atom is -0.345 e. The smallest absolute Gasteiger partial charge is 0.253 e. The van der Waals surface area contributed by atoms with Crippen LogP contribution in [0.2, 0.25) is 0 Å². The number of carbonyl (C=O) groups is 1. The van der Waals surface area contributed by atoms with E-state index in [2.05, 4.69) is 30.7 Å². The summed E-state index contributed by atoms with van der Waals surface area (Å²) in [5, 5.41) is 0. The topological polar surface area (TPSA) is 49.0 Å². The molecule has 0 aliphatic rings. The van der Waals surface area contributed by atoms with Gasteiger partial charge in [0, 0.05) is 18.7 Å². The van der Waals surface area contributed by atoms with Gasteiger partial charge in [-0.05, 0) is 37.5 Å². The van der Waals surface area contributed by atoms with Gasteiger partial charge in [-0.25, -0.2) is 4.98 Å². The lowest BCUT2D eigenvalue weighted by molar-refractivity contribution is 0.0728. The Morgan fingerprint density at radius 2 is 2.11 bits per heavy atom. The summed E-state index contributed by atoms with van der Waals surface area (Å²) in [5.41, 5.74) is 2.49. The monoisotopic (exact) mass is 259 g/mol. The van der Waals surface area contributed by atoms with Crippen molar-refractivity contribution in [2.45, 2.75) is 33.2 Å². The maximum atomic E-state index is 12.4. The number of H-pyrrole nitrogens is 1. The van der Waals surface area contributed by atoms with E-state index in [1.165, 1.54) is 0 Å². The van der Waals surface area contributed by atoms with Gasteiger partial charge in [0.1, 0.15) is 0 Å². The number of carbonyl (C=O) groups excluding carboxylic acids is 1. The van der Waals surface area contributed by atoms with Gasteiger partial charge in [0.15, 0.2) is 0 Å². The van der Waals surface area contributed by atoms with Gasteiger partial charge >= 0.3 is 0 Å². The van der Waals surface area contributed by atoms with Crippen molar-refractivity contribution in [3.05, 3.63) is 30.1 Å². The Morgan fingerprint density at radius 3 is 2.79 bits per heavy atom. The first-order chi connectivity index (χ1) is 8.99. The Labute approximate surface area is 113 Å². The van der Waals surface area contributed by atoms with Crippen LogP contribution in [0.25, 0.3) is 11.0 Å². The zero-order chi connectivity index (χ0) is 14.0. The summed E-state index contributed by atoms with van der Waals surface area (Å²) < 4.78 is 0. The molecule has 1 heterocycles. The van der Waals surface area contributed by atoms with Crippen molar-refractivity contribution in [2.24, 2.45) is 5.92 Å². The van der Waals surface area contributed by atoms with Gasteiger partial charge in [0.25, 0.3) is 5.91 Å². The van der Waals surface area contributed by atoms with Gasteiger partial charge in [0.05, 0.1) is 17.4 Å². The molecule has 19 heavy (non-hydrogen) atoms. The van der Waals surface area contributed by atoms with Gasteiger partial charge in [-0.2, -0.15) is 0 Å². The lowest BCUT2D eigenvalue weighted by atomic mass is 10.0. The highest BCUT2D eigenvalue weighted by Crippen LogP contribution is 2.16. The summed E-state index contributed by atoms with van der Waals surface area (Å²) in [6, 6.07) is 5.82. The zero-order valence-electron chi connectivity index (χ0n) is 12.0. The van der Waals surface area contributed by atoms with Gasteiger partial charge in [-0.15, -0.1) is 0 Å². The first kappa shape index (κ1) is 13.6. The second-order valence-electron chi connectivity index (χ2n) is 5.53. The standard InChI is InChI=1S/C15H21N3O/c1-10(2)7-11(3)18(4)15(19)12-5-6-13-14(8-12)17-9-16-13/h5-6,8-11H,7H2,1-4H3,(H,16,17)/t11-/m1/s1. The summed E-state index contributed by atoms with van der Waals surface area (Å²) in [6.45, 7) is 6.43. The Hall–Kier alpha value is -1.84. The molecule has 0 saturated carbocycles. The molecule has 1 atom stereocenters. The van der Waals surface area contributed by atoms with Crippen LogP contribution in [0.5, 0.6) is 0 Å². The van der Waals surface area contributed by atoms with E-state index in [0.29, 0.717) is 11.5 Å². The summed E-state index contributed by atoms with van der Waals surface area (Å²) in [6.07, 6.45) is 2.65. The number of hydrogen-bond acceptors (Lipinski definition) is 2. The normalized spacial score (nSPS) is 12.9. The molecule has 0 radical (unpaired) electrons. The third kappa shape index (κ3) is 2.95. The zero-order valence-corrected chi connectivity index (χ0v) is 12.0. The van der Waals surface area contributed by atoms with Crippen LogP contribution in [0.15, 0.2) is 24.5 Å². The number of benzene rings is 1.